The quantitative estimate of drug-likeness (QED) is 0.863. The number of aromatic nitrogens is 2. The van der Waals surface area contributed by atoms with Crippen LogP contribution in [0.15, 0.2) is 24.4 Å². The van der Waals surface area contributed by atoms with Crippen LogP contribution in [0.3, 0.4) is 0 Å². The van der Waals surface area contributed by atoms with Crippen molar-refractivity contribution in [2.75, 3.05) is 14.2 Å². The summed E-state index contributed by atoms with van der Waals surface area (Å²) in [5.41, 5.74) is 7.70. The van der Waals surface area contributed by atoms with Crippen LogP contribution in [0.2, 0.25) is 0 Å². The molecule has 0 fully saturated rings. The summed E-state index contributed by atoms with van der Waals surface area (Å²) in [6, 6.07) is 5.84. The van der Waals surface area contributed by atoms with Gasteiger partial charge in [0.15, 0.2) is 11.5 Å². The monoisotopic (exact) mass is 261 g/mol. The van der Waals surface area contributed by atoms with E-state index in [-0.39, 0.29) is 6.04 Å². The van der Waals surface area contributed by atoms with Crippen molar-refractivity contribution in [1.29, 1.82) is 0 Å². The zero-order valence-corrected chi connectivity index (χ0v) is 11.4. The fraction of sp³-hybridized carbons (Fsp3) is 0.357. The first-order chi connectivity index (χ1) is 9.13. The molecule has 2 rings (SSSR count). The summed E-state index contributed by atoms with van der Waals surface area (Å²) in [6.07, 6.45) is 2.53. The molecule has 0 bridgehead atoms. The Morgan fingerprint density at radius 3 is 2.63 bits per heavy atom. The van der Waals surface area contributed by atoms with E-state index in [0.717, 1.165) is 23.5 Å². The van der Waals surface area contributed by atoms with Crippen LogP contribution in [0.4, 0.5) is 0 Å². The maximum Gasteiger partial charge on any atom is 0.161 e. The van der Waals surface area contributed by atoms with E-state index in [1.54, 1.807) is 20.4 Å². The minimum absolute atomic E-state index is 0.0874. The molecule has 2 aromatic rings. The Morgan fingerprint density at radius 2 is 2.00 bits per heavy atom. The molecular formula is C14H19N3O2. The van der Waals surface area contributed by atoms with Crippen LogP contribution in [0.25, 0.3) is 11.3 Å². The molecule has 19 heavy (non-hydrogen) atoms. The van der Waals surface area contributed by atoms with Gasteiger partial charge in [-0.25, -0.2) is 4.98 Å². The number of methoxy groups -OCH3 is 2. The standard InChI is InChI=1S/C14H19N3O2/c1-9(15)6-14-16-8-11(17-14)10-4-5-12(18-2)13(7-10)19-3/h4-5,7-9H,6,15H2,1-3H3,(H,16,17). The second-order valence-electron chi connectivity index (χ2n) is 4.49. The fourth-order valence-electron chi connectivity index (χ4n) is 1.92. The van der Waals surface area contributed by atoms with Gasteiger partial charge in [-0.15, -0.1) is 0 Å². The van der Waals surface area contributed by atoms with E-state index in [1.807, 2.05) is 25.1 Å². The molecule has 3 N–H and O–H groups in total. The smallest absolute Gasteiger partial charge is 0.161 e. The third-order valence-corrected chi connectivity index (χ3v) is 2.84. The highest BCUT2D eigenvalue weighted by molar-refractivity contribution is 5.63. The molecule has 1 heterocycles. The number of nitrogens with zero attached hydrogens (tertiary/aromatic N) is 1. The molecule has 0 radical (unpaired) electrons. The third-order valence-electron chi connectivity index (χ3n) is 2.84. The van der Waals surface area contributed by atoms with E-state index >= 15 is 0 Å². The van der Waals surface area contributed by atoms with Gasteiger partial charge in [-0.05, 0) is 25.1 Å². The highest BCUT2D eigenvalue weighted by Gasteiger charge is 2.09. The molecule has 102 valence electrons. The van der Waals surface area contributed by atoms with E-state index in [4.69, 9.17) is 15.2 Å². The first-order valence-electron chi connectivity index (χ1n) is 6.16. The van der Waals surface area contributed by atoms with Crippen LogP contribution < -0.4 is 15.2 Å². The van der Waals surface area contributed by atoms with Crippen molar-refractivity contribution in [3.63, 3.8) is 0 Å². The summed E-state index contributed by atoms with van der Waals surface area (Å²) in [5, 5.41) is 0. The number of H-pyrrole nitrogens is 1. The van der Waals surface area contributed by atoms with E-state index in [9.17, 15) is 0 Å². The summed E-state index contributed by atoms with van der Waals surface area (Å²) in [5.74, 6) is 2.30. The van der Waals surface area contributed by atoms with Crippen molar-refractivity contribution < 1.29 is 9.47 Å². The second kappa shape index (κ2) is 5.75. The molecule has 1 aromatic carbocycles. The third kappa shape index (κ3) is 3.06. The normalized spacial score (nSPS) is 12.2. The maximum absolute atomic E-state index is 5.76. The highest BCUT2D eigenvalue weighted by atomic mass is 16.5. The first kappa shape index (κ1) is 13.4. The van der Waals surface area contributed by atoms with Gasteiger partial charge in [0, 0.05) is 18.0 Å². The summed E-state index contributed by atoms with van der Waals surface area (Å²) in [7, 11) is 3.24. The van der Waals surface area contributed by atoms with Gasteiger partial charge in [-0.3, -0.25) is 0 Å². The van der Waals surface area contributed by atoms with Crippen LogP contribution in [0.5, 0.6) is 11.5 Å². The lowest BCUT2D eigenvalue weighted by molar-refractivity contribution is 0.355. The largest absolute Gasteiger partial charge is 0.493 e. The molecule has 1 unspecified atom stereocenters. The summed E-state index contributed by atoms with van der Waals surface area (Å²) < 4.78 is 10.5. The van der Waals surface area contributed by atoms with Gasteiger partial charge in [-0.2, -0.15) is 0 Å². The SMILES string of the molecule is COc1ccc(-c2cnc(CC(C)N)[nH]2)cc1OC. The molecule has 0 aliphatic rings. The Bertz CT molecular complexity index is 549. The molecule has 1 aromatic heterocycles. The minimum atomic E-state index is 0.0874. The van der Waals surface area contributed by atoms with Crippen LogP contribution in [0.1, 0.15) is 12.7 Å². The maximum atomic E-state index is 5.76. The van der Waals surface area contributed by atoms with Gasteiger partial charge in [0.2, 0.25) is 0 Å². The molecule has 0 spiro atoms. The Labute approximate surface area is 112 Å². The van der Waals surface area contributed by atoms with E-state index in [2.05, 4.69) is 9.97 Å². The number of nitrogens with two attached hydrogens (primary N) is 1. The summed E-state index contributed by atoms with van der Waals surface area (Å²) in [4.78, 5) is 7.59. The number of hydrogen-bond donors (Lipinski definition) is 2. The lowest BCUT2D eigenvalue weighted by Gasteiger charge is -2.08. The number of rotatable bonds is 5. The lowest BCUT2D eigenvalue weighted by atomic mass is 10.1. The fourth-order valence-corrected chi connectivity index (χ4v) is 1.92. The Hall–Kier alpha value is -2.01. The average molecular weight is 261 g/mol. The predicted octanol–water partition coefficient (Wildman–Crippen LogP) is 1.98. The van der Waals surface area contributed by atoms with Gasteiger partial charge in [0.25, 0.3) is 0 Å². The molecular weight excluding hydrogens is 242 g/mol. The van der Waals surface area contributed by atoms with Crippen LogP contribution >= 0.6 is 0 Å². The van der Waals surface area contributed by atoms with Crippen molar-refractivity contribution in [2.24, 2.45) is 5.73 Å². The molecule has 5 nitrogen and oxygen atoms in total. The van der Waals surface area contributed by atoms with E-state index in [0.29, 0.717) is 11.5 Å². The van der Waals surface area contributed by atoms with Crippen LogP contribution in [-0.2, 0) is 6.42 Å². The number of aromatic amines is 1. The Morgan fingerprint density at radius 1 is 1.26 bits per heavy atom. The summed E-state index contributed by atoms with van der Waals surface area (Å²) in [6.45, 7) is 1.96. The number of nitrogens with one attached hydrogen (secondary N) is 1. The molecule has 0 aliphatic heterocycles. The average Bonchev–Trinajstić information content (AvgIpc) is 2.85. The molecule has 0 saturated heterocycles. The predicted molar refractivity (Wildman–Crippen MR) is 74.5 cm³/mol. The number of benzene rings is 1. The minimum Gasteiger partial charge on any atom is -0.493 e. The number of ether oxygens (including phenoxy) is 2. The van der Waals surface area contributed by atoms with E-state index < -0.39 is 0 Å². The highest BCUT2D eigenvalue weighted by Crippen LogP contribution is 2.31. The molecule has 5 heteroatoms. The zero-order valence-electron chi connectivity index (χ0n) is 11.4. The molecule has 0 amide bonds. The first-order valence-corrected chi connectivity index (χ1v) is 6.16. The van der Waals surface area contributed by atoms with Crippen molar-refractivity contribution in [1.82, 2.24) is 9.97 Å². The lowest BCUT2D eigenvalue weighted by Crippen LogP contribution is -2.18. The van der Waals surface area contributed by atoms with Crippen LogP contribution in [0, 0.1) is 0 Å². The van der Waals surface area contributed by atoms with Gasteiger partial charge in [0.05, 0.1) is 26.1 Å². The van der Waals surface area contributed by atoms with E-state index in [1.165, 1.54) is 0 Å². The second-order valence-corrected chi connectivity index (χ2v) is 4.49. The van der Waals surface area contributed by atoms with Crippen molar-refractivity contribution in [3.05, 3.63) is 30.2 Å². The van der Waals surface area contributed by atoms with Gasteiger partial charge in [-0.1, -0.05) is 0 Å². The molecule has 0 saturated carbocycles. The van der Waals surface area contributed by atoms with Crippen molar-refractivity contribution >= 4 is 0 Å². The van der Waals surface area contributed by atoms with Gasteiger partial charge < -0.3 is 20.2 Å². The topological polar surface area (TPSA) is 73.2 Å². The molecule has 0 aliphatic carbocycles. The van der Waals surface area contributed by atoms with Crippen LogP contribution in [-0.4, -0.2) is 30.2 Å². The zero-order chi connectivity index (χ0) is 13.8. The van der Waals surface area contributed by atoms with Gasteiger partial charge in [0.1, 0.15) is 5.82 Å². The van der Waals surface area contributed by atoms with Crippen molar-refractivity contribution in [2.45, 2.75) is 19.4 Å². The Kier molecular flexibility index (Phi) is 4.06. The number of hydrogen-bond acceptors (Lipinski definition) is 4. The molecule has 1 atom stereocenters. The summed E-state index contributed by atoms with van der Waals surface area (Å²) >= 11 is 0. The number of imidazole rings is 1. The van der Waals surface area contributed by atoms with Gasteiger partial charge >= 0.3 is 0 Å². The van der Waals surface area contributed by atoms with Crippen molar-refractivity contribution in [3.8, 4) is 22.8 Å². The Balaban J connectivity index is 2.28.